The molecule has 192 valence electrons. The Labute approximate surface area is 215 Å². The third-order valence-corrected chi connectivity index (χ3v) is 6.58. The lowest BCUT2D eigenvalue weighted by atomic mass is 9.87. The maximum Gasteiger partial charge on any atom is 0.320 e. The zero-order chi connectivity index (χ0) is 25.6. The van der Waals surface area contributed by atoms with Crippen LogP contribution in [0.5, 0.6) is 5.75 Å². The van der Waals surface area contributed by atoms with Gasteiger partial charge in [-0.3, -0.25) is 4.79 Å². The highest BCUT2D eigenvalue weighted by Gasteiger charge is 2.21. The molecule has 3 aromatic carbocycles. The van der Waals surface area contributed by atoms with E-state index in [-0.39, 0.29) is 6.04 Å². The van der Waals surface area contributed by atoms with Crippen molar-refractivity contribution < 1.29 is 14.6 Å². The summed E-state index contributed by atoms with van der Waals surface area (Å²) < 4.78 is 5.41. The van der Waals surface area contributed by atoms with Crippen molar-refractivity contribution in [3.05, 3.63) is 90.0 Å². The van der Waals surface area contributed by atoms with E-state index in [1.807, 2.05) is 12.1 Å². The Morgan fingerprint density at radius 1 is 0.972 bits per heavy atom. The van der Waals surface area contributed by atoms with Crippen LogP contribution in [0.4, 0.5) is 0 Å². The number of nitrogens with one attached hydrogen (secondary N) is 2. The molecule has 5 heteroatoms. The van der Waals surface area contributed by atoms with Crippen LogP contribution in [0.1, 0.15) is 43.7 Å². The molecule has 1 saturated heterocycles. The van der Waals surface area contributed by atoms with Gasteiger partial charge in [-0.2, -0.15) is 0 Å². The molecule has 3 aromatic rings. The van der Waals surface area contributed by atoms with E-state index in [0.717, 1.165) is 44.5 Å². The van der Waals surface area contributed by atoms with Crippen LogP contribution in [0.3, 0.4) is 0 Å². The van der Waals surface area contributed by atoms with Crippen LogP contribution in [-0.4, -0.2) is 43.4 Å². The molecule has 36 heavy (non-hydrogen) atoms. The van der Waals surface area contributed by atoms with E-state index in [0.29, 0.717) is 6.04 Å². The van der Waals surface area contributed by atoms with Gasteiger partial charge in [-0.05, 0) is 79.9 Å². The van der Waals surface area contributed by atoms with Crippen molar-refractivity contribution in [2.45, 2.75) is 57.5 Å². The summed E-state index contributed by atoms with van der Waals surface area (Å²) in [5.41, 5.74) is 5.43. The second-order valence-corrected chi connectivity index (χ2v) is 9.21. The van der Waals surface area contributed by atoms with Gasteiger partial charge in [0, 0.05) is 6.04 Å². The molecule has 5 rings (SSSR count). The highest BCUT2D eigenvalue weighted by Crippen LogP contribution is 2.29. The van der Waals surface area contributed by atoms with Crippen molar-refractivity contribution in [2.24, 2.45) is 0 Å². The topological polar surface area (TPSA) is 70.6 Å². The summed E-state index contributed by atoms with van der Waals surface area (Å²) in [6, 6.07) is 27.6. The number of carboxylic acid groups (broad SMARTS) is 1. The fraction of sp³-hybridized carbons (Fsp3) is 0.387. The Hall–Kier alpha value is -3.15. The molecule has 1 fully saturated rings. The third kappa shape index (κ3) is 8.51. The Bertz CT molecular complexity index is 997. The van der Waals surface area contributed by atoms with E-state index in [4.69, 9.17) is 9.84 Å². The van der Waals surface area contributed by atoms with Crippen LogP contribution in [0.25, 0.3) is 11.1 Å². The number of ether oxygens (including phenoxy) is 1. The molecule has 0 amide bonds. The molecule has 0 saturated carbocycles. The number of hydrogen-bond donors (Lipinski definition) is 3. The average Bonchev–Trinajstić information content (AvgIpc) is 3.49. The van der Waals surface area contributed by atoms with Crippen LogP contribution in [0.2, 0.25) is 0 Å². The molecule has 0 unspecified atom stereocenters. The molecular weight excluding hydrogens is 448 g/mol. The molecule has 0 radical (unpaired) electrons. The Morgan fingerprint density at radius 2 is 1.64 bits per heavy atom. The minimum Gasteiger partial charge on any atom is -0.496 e. The molecule has 1 aliphatic carbocycles. The van der Waals surface area contributed by atoms with E-state index in [9.17, 15) is 4.79 Å². The first-order valence-corrected chi connectivity index (χ1v) is 13.1. The number of carboxylic acids is 1. The SMILES string of the molecule is CCCN[C@H]1CCc2c(cccc2OC)C1.O=C(O)[C@@H]1CCCN1.c1ccc(-c2ccccc2)cc1. The third-order valence-electron chi connectivity index (χ3n) is 6.58. The summed E-state index contributed by atoms with van der Waals surface area (Å²) in [5, 5.41) is 14.8. The van der Waals surface area contributed by atoms with Gasteiger partial charge in [-0.25, -0.2) is 0 Å². The lowest BCUT2D eigenvalue weighted by Gasteiger charge is -2.26. The molecule has 0 aromatic heterocycles. The van der Waals surface area contributed by atoms with Crippen molar-refractivity contribution >= 4 is 5.97 Å². The lowest BCUT2D eigenvalue weighted by molar-refractivity contribution is -0.139. The second-order valence-electron chi connectivity index (χ2n) is 9.21. The van der Waals surface area contributed by atoms with E-state index < -0.39 is 5.97 Å². The van der Waals surface area contributed by atoms with Crippen LogP contribution in [0.15, 0.2) is 78.9 Å². The van der Waals surface area contributed by atoms with Gasteiger partial charge >= 0.3 is 5.97 Å². The van der Waals surface area contributed by atoms with E-state index in [1.165, 1.54) is 35.1 Å². The number of aliphatic carboxylic acids is 1. The lowest BCUT2D eigenvalue weighted by Crippen LogP contribution is -2.35. The van der Waals surface area contributed by atoms with Gasteiger partial charge in [0.05, 0.1) is 7.11 Å². The Morgan fingerprint density at radius 3 is 2.14 bits per heavy atom. The maximum absolute atomic E-state index is 10.1. The standard InChI is InChI=1S/C14H21NO.C12H10.C5H9NO2/c1-3-9-15-12-7-8-13-11(10-12)5-4-6-14(13)16-2;1-3-7-11(8-4-1)12-9-5-2-6-10-12;7-5(8)4-2-1-3-6-4/h4-6,12,15H,3,7-10H2,1-2H3;1-10H;4,6H,1-3H2,(H,7,8)/t12-;;4-/m0.0/s1. The summed E-state index contributed by atoms with van der Waals surface area (Å²) in [6.45, 7) is 4.20. The van der Waals surface area contributed by atoms with Crippen LogP contribution >= 0.6 is 0 Å². The van der Waals surface area contributed by atoms with Gasteiger partial charge < -0.3 is 20.5 Å². The first-order valence-electron chi connectivity index (χ1n) is 13.1. The number of carbonyl (C=O) groups is 1. The molecular formula is C31H40N2O3. The molecule has 1 aliphatic heterocycles. The first kappa shape index (κ1) is 27.4. The largest absolute Gasteiger partial charge is 0.496 e. The molecule has 2 aliphatic rings. The second kappa shape index (κ2) is 15.1. The molecule has 2 atom stereocenters. The number of hydrogen-bond acceptors (Lipinski definition) is 4. The minimum atomic E-state index is -0.720. The molecule has 3 N–H and O–H groups in total. The highest BCUT2D eigenvalue weighted by molar-refractivity contribution is 5.73. The van der Waals surface area contributed by atoms with Crippen LogP contribution in [0, 0.1) is 0 Å². The van der Waals surface area contributed by atoms with Crippen molar-refractivity contribution in [2.75, 3.05) is 20.2 Å². The van der Waals surface area contributed by atoms with Crippen molar-refractivity contribution in [1.29, 1.82) is 0 Å². The Balaban J connectivity index is 0.000000159. The van der Waals surface area contributed by atoms with Crippen LogP contribution < -0.4 is 15.4 Å². The normalized spacial score (nSPS) is 18.1. The fourth-order valence-corrected chi connectivity index (χ4v) is 4.64. The zero-order valence-electron chi connectivity index (χ0n) is 21.6. The van der Waals surface area contributed by atoms with Gasteiger partial charge in [0.15, 0.2) is 0 Å². The highest BCUT2D eigenvalue weighted by atomic mass is 16.5. The van der Waals surface area contributed by atoms with Crippen molar-refractivity contribution in [3.8, 4) is 16.9 Å². The molecule has 0 bridgehead atoms. The smallest absolute Gasteiger partial charge is 0.320 e. The van der Waals surface area contributed by atoms with Gasteiger partial charge in [0.2, 0.25) is 0 Å². The summed E-state index contributed by atoms with van der Waals surface area (Å²) in [5.74, 6) is 0.342. The first-order chi connectivity index (χ1) is 17.6. The number of fused-ring (bicyclic) bond motifs is 1. The van der Waals surface area contributed by atoms with E-state index >= 15 is 0 Å². The number of methoxy groups -OCH3 is 1. The average molecular weight is 489 g/mol. The van der Waals surface area contributed by atoms with E-state index in [1.54, 1.807) is 7.11 Å². The van der Waals surface area contributed by atoms with Crippen molar-refractivity contribution in [3.63, 3.8) is 0 Å². The van der Waals surface area contributed by atoms with Gasteiger partial charge in [0.25, 0.3) is 0 Å². The number of benzene rings is 3. The fourth-order valence-electron chi connectivity index (χ4n) is 4.64. The monoisotopic (exact) mass is 488 g/mol. The molecule has 0 spiro atoms. The number of rotatable bonds is 6. The summed E-state index contributed by atoms with van der Waals surface area (Å²) in [6.07, 6.45) is 6.51. The predicted octanol–water partition coefficient (Wildman–Crippen LogP) is 5.73. The quantitative estimate of drug-likeness (QED) is 0.413. The summed E-state index contributed by atoms with van der Waals surface area (Å²) in [4.78, 5) is 10.1. The minimum absolute atomic E-state index is 0.269. The Kier molecular flexibility index (Phi) is 11.5. The summed E-state index contributed by atoms with van der Waals surface area (Å²) in [7, 11) is 1.76. The van der Waals surface area contributed by atoms with Gasteiger partial charge in [-0.15, -0.1) is 0 Å². The van der Waals surface area contributed by atoms with Crippen LogP contribution in [-0.2, 0) is 17.6 Å². The summed E-state index contributed by atoms with van der Waals surface area (Å²) >= 11 is 0. The van der Waals surface area contributed by atoms with E-state index in [2.05, 4.69) is 84.3 Å². The maximum atomic E-state index is 10.1. The van der Waals surface area contributed by atoms with Gasteiger partial charge in [-0.1, -0.05) is 79.7 Å². The zero-order valence-corrected chi connectivity index (χ0v) is 21.6. The molecule has 1 heterocycles. The van der Waals surface area contributed by atoms with Crippen molar-refractivity contribution in [1.82, 2.24) is 10.6 Å². The molecule has 5 nitrogen and oxygen atoms in total. The van der Waals surface area contributed by atoms with Gasteiger partial charge in [0.1, 0.15) is 11.8 Å². The predicted molar refractivity (Wildman–Crippen MR) is 148 cm³/mol.